The number of fused-ring (bicyclic) bond motifs is 5. The third-order valence-corrected chi connectivity index (χ3v) is 3.49. The fraction of sp³-hybridized carbons (Fsp3) is 0.778. The van der Waals surface area contributed by atoms with Gasteiger partial charge in [0.15, 0.2) is 0 Å². The van der Waals surface area contributed by atoms with Gasteiger partial charge in [-0.1, -0.05) is 0 Å². The van der Waals surface area contributed by atoms with Crippen LogP contribution < -0.4 is 0 Å². The van der Waals surface area contributed by atoms with Crippen LogP contribution in [-0.4, -0.2) is 23.6 Å². The van der Waals surface area contributed by atoms with Gasteiger partial charge in [-0.15, -0.1) is 0 Å². The maximum absolute atomic E-state index is 11.3. The van der Waals surface area contributed by atoms with Crippen LogP contribution in [0.4, 0.5) is 0 Å². The molecule has 0 spiro atoms. The summed E-state index contributed by atoms with van der Waals surface area (Å²) in [6.07, 6.45) is 1.66. The molecule has 3 aliphatic heterocycles. The predicted molar refractivity (Wildman–Crippen MR) is 40.6 cm³/mol. The number of hydrogen-bond donors (Lipinski definition) is 0. The Balaban J connectivity index is 2.08. The Morgan fingerprint density at radius 1 is 1.38 bits per heavy atom. The smallest absolute Gasteiger partial charge is 0.320 e. The molecule has 0 amide bonds. The van der Waals surface area contributed by atoms with Gasteiger partial charge in [-0.2, -0.15) is 0 Å². The Morgan fingerprint density at radius 3 is 2.85 bits per heavy atom. The molecule has 0 aromatic heterocycles. The molecular formula is C9H10O4. The van der Waals surface area contributed by atoms with Crippen LogP contribution in [0.25, 0.3) is 0 Å². The molecule has 3 rings (SSSR count). The van der Waals surface area contributed by atoms with Crippen molar-refractivity contribution in [1.29, 1.82) is 0 Å². The highest BCUT2D eigenvalue weighted by Crippen LogP contribution is 2.54. The predicted octanol–water partition coefficient (Wildman–Crippen LogP) is 0.254. The second kappa shape index (κ2) is 1.95. The van der Waals surface area contributed by atoms with E-state index in [0.29, 0.717) is 0 Å². The van der Waals surface area contributed by atoms with Gasteiger partial charge in [-0.3, -0.25) is 9.59 Å². The number of cyclic esters (lactones) is 2. The van der Waals surface area contributed by atoms with Gasteiger partial charge in [0.1, 0.15) is 5.92 Å². The third-order valence-electron chi connectivity index (χ3n) is 3.49. The lowest BCUT2D eigenvalue weighted by Crippen LogP contribution is -2.37. The van der Waals surface area contributed by atoms with Crippen molar-refractivity contribution >= 4 is 11.9 Å². The molecule has 0 unspecified atom stereocenters. The second-order valence-corrected chi connectivity index (χ2v) is 4.25. The molecule has 3 heterocycles. The number of ether oxygens (including phenoxy) is 2. The molecule has 4 heteroatoms. The maximum Gasteiger partial charge on any atom is 0.320 e. The molecule has 70 valence electrons. The van der Waals surface area contributed by atoms with Crippen molar-refractivity contribution in [3.05, 3.63) is 0 Å². The van der Waals surface area contributed by atoms with Crippen LogP contribution >= 0.6 is 0 Å². The molecule has 3 saturated heterocycles. The number of carbonyl (C=O) groups excluding carboxylic acids is 2. The summed E-state index contributed by atoms with van der Waals surface area (Å²) in [5, 5.41) is 0. The monoisotopic (exact) mass is 182 g/mol. The summed E-state index contributed by atoms with van der Waals surface area (Å²) in [6, 6.07) is 0. The highest BCUT2D eigenvalue weighted by atomic mass is 16.6. The van der Waals surface area contributed by atoms with E-state index in [-0.39, 0.29) is 29.9 Å². The summed E-state index contributed by atoms with van der Waals surface area (Å²) in [5.74, 6) is -1.42. The highest BCUT2D eigenvalue weighted by molar-refractivity contribution is 5.98. The lowest BCUT2D eigenvalue weighted by Gasteiger charge is -2.24. The number of esters is 2. The van der Waals surface area contributed by atoms with E-state index >= 15 is 0 Å². The van der Waals surface area contributed by atoms with Crippen LogP contribution in [0.1, 0.15) is 19.8 Å². The Bertz CT molecular complexity index is 311. The zero-order valence-corrected chi connectivity index (χ0v) is 7.28. The Hall–Kier alpha value is -0.900. The topological polar surface area (TPSA) is 52.6 Å². The fourth-order valence-corrected chi connectivity index (χ4v) is 2.88. The largest absolute Gasteiger partial charge is 0.393 e. The SMILES string of the molecule is C[C@@]12CC[C@@H](O1)[C@H]1C(=O)OC(=O)[C@H]12. The zero-order valence-electron chi connectivity index (χ0n) is 7.28. The summed E-state index contributed by atoms with van der Waals surface area (Å²) in [7, 11) is 0. The van der Waals surface area contributed by atoms with Crippen LogP contribution in [0.2, 0.25) is 0 Å². The Labute approximate surface area is 75.2 Å². The first-order valence-corrected chi connectivity index (χ1v) is 4.55. The highest BCUT2D eigenvalue weighted by Gasteiger charge is 2.66. The van der Waals surface area contributed by atoms with E-state index in [4.69, 9.17) is 4.74 Å². The van der Waals surface area contributed by atoms with Gasteiger partial charge in [-0.05, 0) is 19.8 Å². The van der Waals surface area contributed by atoms with Crippen molar-refractivity contribution in [3.8, 4) is 0 Å². The average molecular weight is 182 g/mol. The van der Waals surface area contributed by atoms with Crippen molar-refractivity contribution in [3.63, 3.8) is 0 Å². The van der Waals surface area contributed by atoms with E-state index in [0.717, 1.165) is 12.8 Å². The van der Waals surface area contributed by atoms with E-state index in [1.54, 1.807) is 0 Å². The number of rotatable bonds is 0. The van der Waals surface area contributed by atoms with Crippen molar-refractivity contribution < 1.29 is 19.1 Å². The molecule has 0 N–H and O–H groups in total. The molecular weight excluding hydrogens is 172 g/mol. The van der Waals surface area contributed by atoms with Crippen LogP contribution in [0.3, 0.4) is 0 Å². The molecule has 13 heavy (non-hydrogen) atoms. The maximum atomic E-state index is 11.3. The molecule has 0 saturated carbocycles. The molecule has 0 radical (unpaired) electrons. The molecule has 3 aliphatic rings. The lowest BCUT2D eigenvalue weighted by molar-refractivity contribution is -0.158. The van der Waals surface area contributed by atoms with E-state index in [1.807, 2.05) is 6.92 Å². The molecule has 2 bridgehead atoms. The van der Waals surface area contributed by atoms with Crippen LogP contribution in [0, 0.1) is 11.8 Å². The van der Waals surface area contributed by atoms with Gasteiger partial charge in [0.05, 0.1) is 17.6 Å². The number of hydrogen-bond acceptors (Lipinski definition) is 4. The van der Waals surface area contributed by atoms with Crippen molar-refractivity contribution in [2.45, 2.75) is 31.5 Å². The van der Waals surface area contributed by atoms with Gasteiger partial charge in [0.25, 0.3) is 0 Å². The number of carbonyl (C=O) groups is 2. The normalized spacial score (nSPS) is 52.5. The minimum Gasteiger partial charge on any atom is -0.393 e. The molecule has 4 atom stereocenters. The van der Waals surface area contributed by atoms with Gasteiger partial charge in [0.2, 0.25) is 0 Å². The summed E-state index contributed by atoms with van der Waals surface area (Å²) in [5.41, 5.74) is -0.432. The molecule has 4 nitrogen and oxygen atoms in total. The third kappa shape index (κ3) is 0.705. The first-order chi connectivity index (χ1) is 6.12. The summed E-state index contributed by atoms with van der Waals surface area (Å²) in [6.45, 7) is 1.90. The zero-order chi connectivity index (χ0) is 9.22. The van der Waals surface area contributed by atoms with Crippen LogP contribution in [0.5, 0.6) is 0 Å². The quantitative estimate of drug-likeness (QED) is 0.398. The molecule has 0 aromatic carbocycles. The first-order valence-electron chi connectivity index (χ1n) is 4.55. The van der Waals surface area contributed by atoms with Crippen molar-refractivity contribution in [1.82, 2.24) is 0 Å². The minimum absolute atomic E-state index is 0.0750. The summed E-state index contributed by atoms with van der Waals surface area (Å²) >= 11 is 0. The molecule has 3 fully saturated rings. The Morgan fingerprint density at radius 2 is 2.15 bits per heavy atom. The molecule has 0 aromatic rings. The minimum atomic E-state index is -0.432. The van der Waals surface area contributed by atoms with Crippen LogP contribution in [0.15, 0.2) is 0 Å². The average Bonchev–Trinajstić information content (AvgIpc) is 2.62. The van der Waals surface area contributed by atoms with Gasteiger partial charge < -0.3 is 9.47 Å². The fourth-order valence-electron chi connectivity index (χ4n) is 2.88. The van der Waals surface area contributed by atoms with Gasteiger partial charge in [0, 0.05) is 0 Å². The first kappa shape index (κ1) is 7.50. The molecule has 0 aliphatic carbocycles. The van der Waals surface area contributed by atoms with Crippen LogP contribution in [-0.2, 0) is 19.1 Å². The summed E-state index contributed by atoms with van der Waals surface area (Å²) < 4.78 is 10.3. The van der Waals surface area contributed by atoms with Gasteiger partial charge in [-0.25, -0.2) is 0 Å². The van der Waals surface area contributed by atoms with Crippen molar-refractivity contribution in [2.24, 2.45) is 11.8 Å². The van der Waals surface area contributed by atoms with E-state index in [9.17, 15) is 9.59 Å². The van der Waals surface area contributed by atoms with E-state index < -0.39 is 5.60 Å². The van der Waals surface area contributed by atoms with Crippen molar-refractivity contribution in [2.75, 3.05) is 0 Å². The standard InChI is InChI=1S/C9H10O4/c1-9-3-2-4(13-9)5-6(9)8(11)12-7(5)10/h4-6H,2-3H2,1H3/t4-,5-,6+,9+/m1/s1. The van der Waals surface area contributed by atoms with Gasteiger partial charge >= 0.3 is 11.9 Å². The second-order valence-electron chi connectivity index (χ2n) is 4.25. The summed E-state index contributed by atoms with van der Waals surface area (Å²) in [4.78, 5) is 22.6. The Kier molecular flexibility index (Phi) is 1.12. The van der Waals surface area contributed by atoms with E-state index in [2.05, 4.69) is 4.74 Å². The lowest BCUT2D eigenvalue weighted by atomic mass is 9.74. The van der Waals surface area contributed by atoms with E-state index in [1.165, 1.54) is 0 Å².